The standard InChI is InChI=1S/C14H29N3O2S/c1-11-5-3-7-13(11)14(16-15)9-12-6-4-8-17(10-12)20(2,18)19/h11-14,16H,3-10,15H2,1-2H3. The number of nitrogens with two attached hydrogens (primary N) is 1. The molecular weight excluding hydrogens is 274 g/mol. The van der Waals surface area contributed by atoms with Crippen LogP contribution in [0.1, 0.15) is 45.4 Å². The van der Waals surface area contributed by atoms with Crippen molar-refractivity contribution < 1.29 is 8.42 Å². The Morgan fingerprint density at radius 3 is 2.60 bits per heavy atom. The van der Waals surface area contributed by atoms with Gasteiger partial charge in [-0.25, -0.2) is 12.7 Å². The molecule has 2 aliphatic rings. The average Bonchev–Trinajstić information content (AvgIpc) is 2.81. The Labute approximate surface area is 123 Å². The van der Waals surface area contributed by atoms with Crippen molar-refractivity contribution in [2.45, 2.75) is 51.5 Å². The number of hydrogen-bond donors (Lipinski definition) is 2. The fourth-order valence-corrected chi connectivity index (χ4v) is 4.96. The van der Waals surface area contributed by atoms with Gasteiger partial charge in [0.1, 0.15) is 0 Å². The number of piperidine rings is 1. The largest absolute Gasteiger partial charge is 0.271 e. The van der Waals surface area contributed by atoms with Gasteiger partial charge in [-0.2, -0.15) is 0 Å². The topological polar surface area (TPSA) is 75.4 Å². The van der Waals surface area contributed by atoms with E-state index in [0.29, 0.717) is 31.0 Å². The molecule has 1 aliphatic carbocycles. The number of hydrazine groups is 1. The van der Waals surface area contributed by atoms with E-state index in [0.717, 1.165) is 25.2 Å². The number of nitrogens with one attached hydrogen (secondary N) is 1. The van der Waals surface area contributed by atoms with Crippen molar-refractivity contribution in [2.75, 3.05) is 19.3 Å². The van der Waals surface area contributed by atoms with Crippen LogP contribution in [0.4, 0.5) is 0 Å². The highest BCUT2D eigenvalue weighted by Gasteiger charge is 2.34. The van der Waals surface area contributed by atoms with Crippen molar-refractivity contribution in [3.05, 3.63) is 0 Å². The Balaban J connectivity index is 1.94. The van der Waals surface area contributed by atoms with Crippen molar-refractivity contribution in [3.8, 4) is 0 Å². The summed E-state index contributed by atoms with van der Waals surface area (Å²) < 4.78 is 25.0. The van der Waals surface area contributed by atoms with Crippen LogP contribution in [0.3, 0.4) is 0 Å². The van der Waals surface area contributed by atoms with E-state index in [-0.39, 0.29) is 0 Å². The summed E-state index contributed by atoms with van der Waals surface area (Å²) in [4.78, 5) is 0. The number of rotatable bonds is 5. The van der Waals surface area contributed by atoms with Gasteiger partial charge in [-0.15, -0.1) is 0 Å². The molecule has 1 saturated carbocycles. The predicted octanol–water partition coefficient (Wildman–Crippen LogP) is 1.32. The first-order valence-electron chi connectivity index (χ1n) is 7.83. The molecule has 0 aromatic rings. The summed E-state index contributed by atoms with van der Waals surface area (Å²) in [5.74, 6) is 7.58. The third-order valence-electron chi connectivity index (χ3n) is 5.20. The summed E-state index contributed by atoms with van der Waals surface area (Å²) in [5, 5.41) is 0. The van der Waals surface area contributed by atoms with Crippen molar-refractivity contribution in [1.29, 1.82) is 0 Å². The van der Waals surface area contributed by atoms with Crippen molar-refractivity contribution in [3.63, 3.8) is 0 Å². The first kappa shape index (κ1) is 16.2. The molecule has 118 valence electrons. The monoisotopic (exact) mass is 303 g/mol. The Morgan fingerprint density at radius 2 is 2.05 bits per heavy atom. The second-order valence-corrected chi connectivity index (χ2v) is 8.69. The highest BCUT2D eigenvalue weighted by molar-refractivity contribution is 7.88. The average molecular weight is 303 g/mol. The van der Waals surface area contributed by atoms with Gasteiger partial charge in [0.2, 0.25) is 10.0 Å². The maximum absolute atomic E-state index is 11.7. The molecule has 20 heavy (non-hydrogen) atoms. The lowest BCUT2D eigenvalue weighted by Crippen LogP contribution is -2.46. The van der Waals surface area contributed by atoms with E-state index in [1.807, 2.05) is 0 Å². The van der Waals surface area contributed by atoms with Gasteiger partial charge in [0.25, 0.3) is 0 Å². The van der Waals surface area contributed by atoms with Gasteiger partial charge in [-0.05, 0) is 43.4 Å². The number of hydrogen-bond acceptors (Lipinski definition) is 4. The summed E-state index contributed by atoms with van der Waals surface area (Å²) in [5.41, 5.74) is 3.01. The summed E-state index contributed by atoms with van der Waals surface area (Å²) in [6, 6.07) is 0.331. The summed E-state index contributed by atoms with van der Waals surface area (Å²) in [6.45, 7) is 3.65. The van der Waals surface area contributed by atoms with Gasteiger partial charge < -0.3 is 0 Å². The molecule has 6 heteroatoms. The third kappa shape index (κ3) is 3.93. The zero-order valence-electron chi connectivity index (χ0n) is 12.7. The summed E-state index contributed by atoms with van der Waals surface area (Å²) in [6.07, 6.45) is 8.23. The summed E-state index contributed by atoms with van der Waals surface area (Å²) in [7, 11) is -3.05. The molecular formula is C14H29N3O2S. The minimum atomic E-state index is -3.05. The van der Waals surface area contributed by atoms with Crippen molar-refractivity contribution in [2.24, 2.45) is 23.6 Å². The maximum atomic E-state index is 11.7. The lowest BCUT2D eigenvalue weighted by Gasteiger charge is -2.35. The minimum absolute atomic E-state index is 0.331. The molecule has 2 fully saturated rings. The van der Waals surface area contributed by atoms with Crippen LogP contribution < -0.4 is 11.3 Å². The Morgan fingerprint density at radius 1 is 1.30 bits per heavy atom. The molecule has 1 saturated heterocycles. The van der Waals surface area contributed by atoms with E-state index in [9.17, 15) is 8.42 Å². The van der Waals surface area contributed by atoms with Crippen LogP contribution in [0.2, 0.25) is 0 Å². The molecule has 3 N–H and O–H groups in total. The maximum Gasteiger partial charge on any atom is 0.211 e. The minimum Gasteiger partial charge on any atom is -0.271 e. The SMILES string of the molecule is CC1CCCC1C(CC1CCCN(S(C)(=O)=O)C1)NN. The highest BCUT2D eigenvalue weighted by atomic mass is 32.2. The van der Waals surface area contributed by atoms with Gasteiger partial charge in [-0.1, -0.05) is 19.8 Å². The van der Waals surface area contributed by atoms with E-state index in [2.05, 4.69) is 12.3 Å². The first-order chi connectivity index (χ1) is 9.41. The van der Waals surface area contributed by atoms with Crippen molar-refractivity contribution in [1.82, 2.24) is 9.73 Å². The molecule has 0 aromatic carbocycles. The van der Waals surface area contributed by atoms with E-state index < -0.39 is 10.0 Å². The van der Waals surface area contributed by atoms with E-state index in [1.54, 1.807) is 4.31 Å². The normalized spacial score (nSPS) is 34.2. The molecule has 0 amide bonds. The van der Waals surface area contributed by atoms with Crippen LogP contribution in [0, 0.1) is 17.8 Å². The zero-order chi connectivity index (χ0) is 14.8. The Kier molecular flexibility index (Phi) is 5.45. The highest BCUT2D eigenvalue weighted by Crippen LogP contribution is 2.36. The van der Waals surface area contributed by atoms with Gasteiger partial charge in [0.15, 0.2) is 0 Å². The molecule has 5 nitrogen and oxygen atoms in total. The predicted molar refractivity (Wildman–Crippen MR) is 81.4 cm³/mol. The van der Waals surface area contributed by atoms with Crippen molar-refractivity contribution >= 4 is 10.0 Å². The van der Waals surface area contributed by atoms with Crippen LogP contribution in [0.25, 0.3) is 0 Å². The van der Waals surface area contributed by atoms with Gasteiger partial charge >= 0.3 is 0 Å². The van der Waals surface area contributed by atoms with Gasteiger partial charge in [0, 0.05) is 19.1 Å². The van der Waals surface area contributed by atoms with Crippen LogP contribution >= 0.6 is 0 Å². The molecule has 4 unspecified atom stereocenters. The molecule has 0 spiro atoms. The zero-order valence-corrected chi connectivity index (χ0v) is 13.5. The quantitative estimate of drug-likeness (QED) is 0.593. The smallest absolute Gasteiger partial charge is 0.211 e. The number of sulfonamides is 1. The molecule has 0 radical (unpaired) electrons. The molecule has 4 atom stereocenters. The first-order valence-corrected chi connectivity index (χ1v) is 9.68. The van der Waals surface area contributed by atoms with Crippen LogP contribution in [-0.4, -0.2) is 38.1 Å². The second kappa shape index (κ2) is 6.73. The van der Waals surface area contributed by atoms with Crippen LogP contribution in [-0.2, 0) is 10.0 Å². The molecule has 1 aliphatic heterocycles. The van der Waals surface area contributed by atoms with Crippen LogP contribution in [0.15, 0.2) is 0 Å². The Bertz CT molecular complexity index is 413. The third-order valence-corrected chi connectivity index (χ3v) is 6.47. The van der Waals surface area contributed by atoms with E-state index in [4.69, 9.17) is 5.84 Å². The van der Waals surface area contributed by atoms with Gasteiger partial charge in [0.05, 0.1) is 6.26 Å². The van der Waals surface area contributed by atoms with E-state index in [1.165, 1.54) is 25.5 Å². The lowest BCUT2D eigenvalue weighted by molar-refractivity contribution is 0.199. The molecule has 0 aromatic heterocycles. The summed E-state index contributed by atoms with van der Waals surface area (Å²) >= 11 is 0. The van der Waals surface area contributed by atoms with Gasteiger partial charge in [-0.3, -0.25) is 11.3 Å². The Hall–Kier alpha value is -0.170. The molecule has 0 bridgehead atoms. The fraction of sp³-hybridized carbons (Fsp3) is 1.00. The van der Waals surface area contributed by atoms with Crippen LogP contribution in [0.5, 0.6) is 0 Å². The molecule has 2 rings (SSSR count). The molecule has 1 heterocycles. The lowest BCUT2D eigenvalue weighted by atomic mass is 9.83. The van der Waals surface area contributed by atoms with E-state index >= 15 is 0 Å². The number of nitrogens with zero attached hydrogens (tertiary/aromatic N) is 1. The fourth-order valence-electron chi connectivity index (χ4n) is 4.02. The second-order valence-electron chi connectivity index (χ2n) is 6.71.